The quantitative estimate of drug-likeness (QED) is 0.799. The Balaban J connectivity index is 2.01. The highest BCUT2D eigenvalue weighted by molar-refractivity contribution is 7.89. The molecule has 1 aromatic carbocycles. The van der Waals surface area contributed by atoms with Crippen molar-refractivity contribution in [1.82, 2.24) is 5.32 Å². The van der Waals surface area contributed by atoms with Gasteiger partial charge in [0.2, 0.25) is 10.0 Å². The third kappa shape index (κ3) is 4.30. The minimum absolute atomic E-state index is 0.181. The van der Waals surface area contributed by atoms with Gasteiger partial charge in [0.05, 0.1) is 4.90 Å². The lowest BCUT2D eigenvalue weighted by atomic mass is 10.0. The lowest BCUT2D eigenvalue weighted by molar-refractivity contribution is 0.460. The Morgan fingerprint density at radius 3 is 2.42 bits per heavy atom. The van der Waals surface area contributed by atoms with Crippen LogP contribution in [0.25, 0.3) is 0 Å². The van der Waals surface area contributed by atoms with Crippen LogP contribution in [0.3, 0.4) is 0 Å². The third-order valence-corrected chi connectivity index (χ3v) is 4.48. The molecule has 1 aromatic rings. The van der Waals surface area contributed by atoms with Crippen LogP contribution < -0.4 is 10.5 Å². The molecule has 0 bridgehead atoms. The first-order chi connectivity index (χ1) is 9.00. The maximum atomic E-state index is 11.2. The predicted octanol–water partition coefficient (Wildman–Crippen LogP) is 1.65. The van der Waals surface area contributed by atoms with Gasteiger partial charge in [-0.3, -0.25) is 0 Å². The second-order valence-corrected chi connectivity index (χ2v) is 6.85. The Morgan fingerprint density at radius 1 is 1.32 bits per heavy atom. The Bertz CT molecular complexity index is 507. The highest BCUT2D eigenvalue weighted by atomic mass is 32.2. The van der Waals surface area contributed by atoms with Crippen LogP contribution in [0.5, 0.6) is 0 Å². The number of rotatable bonds is 7. The second kappa shape index (κ2) is 6.03. The van der Waals surface area contributed by atoms with Crippen molar-refractivity contribution < 1.29 is 8.42 Å². The van der Waals surface area contributed by atoms with Crippen molar-refractivity contribution >= 4 is 10.0 Å². The lowest BCUT2D eigenvalue weighted by Gasteiger charge is -2.18. The number of nitrogens with two attached hydrogens (primary N) is 1. The summed E-state index contributed by atoms with van der Waals surface area (Å²) in [4.78, 5) is 0.181. The van der Waals surface area contributed by atoms with Crippen molar-refractivity contribution in [1.29, 1.82) is 0 Å². The van der Waals surface area contributed by atoms with Crippen molar-refractivity contribution in [3.8, 4) is 0 Å². The number of benzene rings is 1. The van der Waals surface area contributed by atoms with E-state index in [1.54, 1.807) is 12.1 Å². The van der Waals surface area contributed by atoms with Crippen LogP contribution >= 0.6 is 0 Å². The Labute approximate surface area is 115 Å². The van der Waals surface area contributed by atoms with Crippen LogP contribution in [0, 0.1) is 5.92 Å². The first kappa shape index (κ1) is 14.5. The molecule has 1 atom stereocenters. The third-order valence-electron chi connectivity index (χ3n) is 3.56. The van der Waals surface area contributed by atoms with Gasteiger partial charge in [0, 0.05) is 6.04 Å². The number of hydrogen-bond acceptors (Lipinski definition) is 3. The molecule has 3 N–H and O–H groups in total. The molecule has 106 valence electrons. The van der Waals surface area contributed by atoms with Gasteiger partial charge in [0.15, 0.2) is 0 Å². The largest absolute Gasteiger partial charge is 0.313 e. The highest BCUT2D eigenvalue weighted by Gasteiger charge is 2.30. The lowest BCUT2D eigenvalue weighted by Crippen LogP contribution is -2.33. The van der Waals surface area contributed by atoms with E-state index in [1.807, 2.05) is 12.1 Å². The Kier molecular flexibility index (Phi) is 4.60. The van der Waals surface area contributed by atoms with Crippen LogP contribution in [-0.4, -0.2) is 21.0 Å². The zero-order valence-electron chi connectivity index (χ0n) is 11.3. The summed E-state index contributed by atoms with van der Waals surface area (Å²) in [7, 11) is -3.58. The molecule has 0 heterocycles. The van der Waals surface area contributed by atoms with E-state index < -0.39 is 10.0 Å². The molecular weight excluding hydrogens is 260 g/mol. The van der Waals surface area contributed by atoms with Gasteiger partial charge in [-0.15, -0.1) is 0 Å². The fourth-order valence-corrected chi connectivity index (χ4v) is 2.82. The monoisotopic (exact) mass is 282 g/mol. The smallest absolute Gasteiger partial charge is 0.238 e. The van der Waals surface area contributed by atoms with Gasteiger partial charge >= 0.3 is 0 Å². The summed E-state index contributed by atoms with van der Waals surface area (Å²) in [6, 6.07) is 7.43. The molecule has 4 nitrogen and oxygen atoms in total. The molecule has 2 rings (SSSR count). The predicted molar refractivity (Wildman–Crippen MR) is 76.3 cm³/mol. The molecule has 0 saturated heterocycles. The molecule has 19 heavy (non-hydrogen) atoms. The van der Waals surface area contributed by atoms with E-state index in [9.17, 15) is 8.42 Å². The minimum atomic E-state index is -3.58. The first-order valence-corrected chi connectivity index (χ1v) is 8.40. The zero-order valence-corrected chi connectivity index (χ0v) is 12.1. The molecule has 0 aliphatic heterocycles. The highest BCUT2D eigenvalue weighted by Crippen LogP contribution is 2.34. The molecule has 1 aliphatic rings. The summed E-state index contributed by atoms with van der Waals surface area (Å²) in [5.74, 6) is 0.782. The van der Waals surface area contributed by atoms with E-state index in [0.717, 1.165) is 30.9 Å². The van der Waals surface area contributed by atoms with Crippen molar-refractivity contribution in [2.45, 2.75) is 43.5 Å². The maximum absolute atomic E-state index is 11.2. The summed E-state index contributed by atoms with van der Waals surface area (Å²) in [6.07, 6.45) is 4.69. The fraction of sp³-hybridized carbons (Fsp3) is 0.571. The molecule has 1 fully saturated rings. The maximum Gasteiger partial charge on any atom is 0.238 e. The molecule has 5 heteroatoms. The summed E-state index contributed by atoms with van der Waals surface area (Å²) >= 11 is 0. The Morgan fingerprint density at radius 2 is 1.95 bits per heavy atom. The van der Waals surface area contributed by atoms with Gasteiger partial charge < -0.3 is 5.32 Å². The zero-order chi connectivity index (χ0) is 13.9. The topological polar surface area (TPSA) is 72.2 Å². The van der Waals surface area contributed by atoms with Gasteiger partial charge in [0.1, 0.15) is 0 Å². The fourth-order valence-electron chi connectivity index (χ4n) is 2.30. The van der Waals surface area contributed by atoms with E-state index >= 15 is 0 Å². The van der Waals surface area contributed by atoms with Crippen LogP contribution in [-0.2, 0) is 16.4 Å². The second-order valence-electron chi connectivity index (χ2n) is 5.29. The average molecular weight is 282 g/mol. The number of hydrogen-bond donors (Lipinski definition) is 2. The van der Waals surface area contributed by atoms with Gasteiger partial charge in [-0.25, -0.2) is 13.6 Å². The molecular formula is C14H22N2O2S. The summed E-state index contributed by atoms with van der Waals surface area (Å²) in [5, 5.41) is 8.67. The van der Waals surface area contributed by atoms with Gasteiger partial charge in [0.25, 0.3) is 0 Å². The van der Waals surface area contributed by atoms with Crippen molar-refractivity contribution in [3.63, 3.8) is 0 Å². The minimum Gasteiger partial charge on any atom is -0.313 e. The van der Waals surface area contributed by atoms with Crippen LogP contribution in [0.15, 0.2) is 29.2 Å². The summed E-state index contributed by atoms with van der Waals surface area (Å²) < 4.78 is 22.4. The van der Waals surface area contributed by atoms with E-state index in [1.165, 1.54) is 12.8 Å². The van der Waals surface area contributed by atoms with Gasteiger partial charge in [-0.2, -0.15) is 0 Å². The van der Waals surface area contributed by atoms with Crippen LogP contribution in [0.4, 0.5) is 0 Å². The standard InChI is InChI=1S/C14H22N2O2S/c1-2-9-16-14(12-5-6-12)10-11-3-7-13(8-4-11)19(15,17)18/h3-4,7-8,12,14,16H,2,5-6,9-10H2,1H3,(H2,15,17,18). The summed E-state index contributed by atoms with van der Waals surface area (Å²) in [6.45, 7) is 3.20. The SMILES string of the molecule is CCCNC(Cc1ccc(S(N)(=O)=O)cc1)C1CC1. The normalized spacial score (nSPS) is 17.4. The van der Waals surface area contributed by atoms with Crippen molar-refractivity contribution in [2.75, 3.05) is 6.54 Å². The van der Waals surface area contributed by atoms with Crippen molar-refractivity contribution in [3.05, 3.63) is 29.8 Å². The number of primary sulfonamides is 1. The molecule has 1 unspecified atom stereocenters. The van der Waals surface area contributed by atoms with E-state index in [4.69, 9.17) is 5.14 Å². The van der Waals surface area contributed by atoms with E-state index in [-0.39, 0.29) is 4.90 Å². The van der Waals surface area contributed by atoms with Gasteiger partial charge in [-0.1, -0.05) is 19.1 Å². The molecule has 0 radical (unpaired) electrons. The van der Waals surface area contributed by atoms with Gasteiger partial charge in [-0.05, 0) is 55.8 Å². The van der Waals surface area contributed by atoms with E-state index in [2.05, 4.69) is 12.2 Å². The average Bonchev–Trinajstić information content (AvgIpc) is 3.18. The molecule has 1 saturated carbocycles. The first-order valence-electron chi connectivity index (χ1n) is 6.86. The van der Waals surface area contributed by atoms with Crippen LogP contribution in [0.2, 0.25) is 0 Å². The Hall–Kier alpha value is -0.910. The molecule has 0 spiro atoms. The van der Waals surface area contributed by atoms with Crippen molar-refractivity contribution in [2.24, 2.45) is 11.1 Å². The van der Waals surface area contributed by atoms with Crippen LogP contribution in [0.1, 0.15) is 31.7 Å². The number of sulfonamides is 1. The molecule has 1 aliphatic carbocycles. The van der Waals surface area contributed by atoms with E-state index in [0.29, 0.717) is 6.04 Å². The summed E-state index contributed by atoms with van der Waals surface area (Å²) in [5.41, 5.74) is 1.16. The molecule has 0 amide bonds. The molecule has 0 aromatic heterocycles. The number of nitrogens with one attached hydrogen (secondary N) is 1.